The Morgan fingerprint density at radius 2 is 2.10 bits per heavy atom. The summed E-state index contributed by atoms with van der Waals surface area (Å²) in [6.07, 6.45) is 0.646. The van der Waals surface area contributed by atoms with Crippen molar-refractivity contribution < 1.29 is 17.4 Å². The van der Waals surface area contributed by atoms with Gasteiger partial charge in [0.2, 0.25) is 0 Å². The first-order chi connectivity index (χ1) is 9.49. The van der Waals surface area contributed by atoms with Gasteiger partial charge in [0.1, 0.15) is 0 Å². The first-order valence-electron chi connectivity index (χ1n) is 6.06. The Labute approximate surface area is 121 Å². The minimum atomic E-state index is -3.49. The van der Waals surface area contributed by atoms with Crippen LogP contribution in [-0.2, 0) is 25.4 Å². The van der Waals surface area contributed by atoms with Crippen molar-refractivity contribution in [2.75, 3.05) is 31.0 Å². The third-order valence-corrected chi connectivity index (χ3v) is 6.00. The van der Waals surface area contributed by atoms with Crippen LogP contribution in [0.25, 0.3) is 0 Å². The van der Waals surface area contributed by atoms with Gasteiger partial charge >= 0.3 is 0 Å². The summed E-state index contributed by atoms with van der Waals surface area (Å²) in [4.78, 5) is 0.102. The van der Waals surface area contributed by atoms with E-state index in [9.17, 15) is 12.6 Å². The van der Waals surface area contributed by atoms with Crippen LogP contribution in [0.2, 0.25) is 0 Å². The molecule has 0 saturated carbocycles. The number of ether oxygens (including phenoxy) is 1. The maximum atomic E-state index is 12.1. The van der Waals surface area contributed by atoms with Gasteiger partial charge in [-0.25, -0.2) is 8.42 Å². The summed E-state index contributed by atoms with van der Waals surface area (Å²) in [7, 11) is -3.10. The number of rotatable bonds is 8. The molecule has 0 aliphatic heterocycles. The lowest BCUT2D eigenvalue weighted by atomic mass is 10.2. The molecule has 110 valence electrons. The lowest BCUT2D eigenvalue weighted by molar-refractivity contribution is 0.200. The Kier molecular flexibility index (Phi) is 6.85. The molecule has 0 bridgehead atoms. The topological polar surface area (TPSA) is 84.2 Å². The SMILES string of the molecule is COCCCS(=O)CCS(=O)(=O)c1cccc(C#N)c1. The van der Waals surface area contributed by atoms with Gasteiger partial charge in [-0.05, 0) is 24.6 Å². The van der Waals surface area contributed by atoms with Gasteiger partial charge in [0, 0.05) is 36.0 Å². The molecule has 0 heterocycles. The Bertz CT molecular complexity index is 605. The fourth-order valence-electron chi connectivity index (χ4n) is 1.55. The molecule has 0 amide bonds. The Morgan fingerprint density at radius 1 is 1.35 bits per heavy atom. The minimum absolute atomic E-state index is 0.100. The van der Waals surface area contributed by atoms with E-state index >= 15 is 0 Å². The van der Waals surface area contributed by atoms with E-state index in [0.717, 1.165) is 0 Å². The molecule has 1 rings (SSSR count). The molecule has 1 unspecified atom stereocenters. The summed E-state index contributed by atoms with van der Waals surface area (Å²) in [5.74, 6) is 0.353. The van der Waals surface area contributed by atoms with Crippen LogP contribution in [-0.4, -0.2) is 43.6 Å². The van der Waals surface area contributed by atoms with Crippen LogP contribution in [0.4, 0.5) is 0 Å². The van der Waals surface area contributed by atoms with Gasteiger partial charge < -0.3 is 4.74 Å². The predicted octanol–water partition coefficient (Wildman–Crippen LogP) is 1.12. The molecule has 0 radical (unpaired) electrons. The van der Waals surface area contributed by atoms with Crippen LogP contribution >= 0.6 is 0 Å². The molecule has 1 atom stereocenters. The second-order valence-electron chi connectivity index (χ2n) is 4.15. The van der Waals surface area contributed by atoms with Crippen molar-refractivity contribution in [3.63, 3.8) is 0 Å². The van der Waals surface area contributed by atoms with Crippen molar-refractivity contribution in [3.8, 4) is 6.07 Å². The molecule has 7 heteroatoms. The Morgan fingerprint density at radius 3 is 2.75 bits per heavy atom. The first-order valence-corrected chi connectivity index (χ1v) is 9.20. The zero-order chi connectivity index (χ0) is 15.0. The van der Waals surface area contributed by atoms with E-state index in [1.807, 2.05) is 6.07 Å². The first kappa shape index (κ1) is 16.8. The fourth-order valence-corrected chi connectivity index (χ4v) is 4.64. The summed E-state index contributed by atoms with van der Waals surface area (Å²) in [6.45, 7) is 0.517. The second kappa shape index (κ2) is 8.15. The van der Waals surface area contributed by atoms with E-state index in [0.29, 0.717) is 24.3 Å². The quantitative estimate of drug-likeness (QED) is 0.671. The van der Waals surface area contributed by atoms with Crippen LogP contribution in [0.1, 0.15) is 12.0 Å². The van der Waals surface area contributed by atoms with E-state index in [-0.39, 0.29) is 16.4 Å². The van der Waals surface area contributed by atoms with E-state index in [4.69, 9.17) is 10.00 Å². The molecule has 1 aromatic rings. The maximum Gasteiger partial charge on any atom is 0.179 e. The highest BCUT2D eigenvalue weighted by Crippen LogP contribution is 2.13. The largest absolute Gasteiger partial charge is 0.385 e. The van der Waals surface area contributed by atoms with Gasteiger partial charge in [-0.1, -0.05) is 6.07 Å². The number of nitriles is 1. The maximum absolute atomic E-state index is 12.1. The monoisotopic (exact) mass is 315 g/mol. The van der Waals surface area contributed by atoms with Crippen molar-refractivity contribution in [2.24, 2.45) is 0 Å². The average Bonchev–Trinajstić information content (AvgIpc) is 2.45. The summed E-state index contributed by atoms with van der Waals surface area (Å²) in [5.41, 5.74) is 0.298. The Balaban J connectivity index is 2.62. The summed E-state index contributed by atoms with van der Waals surface area (Å²) in [5, 5.41) is 8.76. The third-order valence-electron chi connectivity index (χ3n) is 2.62. The van der Waals surface area contributed by atoms with Gasteiger partial charge in [-0.2, -0.15) is 5.26 Å². The van der Waals surface area contributed by atoms with Crippen LogP contribution in [0.3, 0.4) is 0 Å². The van der Waals surface area contributed by atoms with Gasteiger partial charge in [0.25, 0.3) is 0 Å². The van der Waals surface area contributed by atoms with Crippen LogP contribution in [0.15, 0.2) is 29.2 Å². The highest BCUT2D eigenvalue weighted by molar-refractivity contribution is 7.93. The fraction of sp³-hybridized carbons (Fsp3) is 0.462. The van der Waals surface area contributed by atoms with Crippen molar-refractivity contribution in [2.45, 2.75) is 11.3 Å². The van der Waals surface area contributed by atoms with Crippen molar-refractivity contribution in [3.05, 3.63) is 29.8 Å². The zero-order valence-corrected chi connectivity index (χ0v) is 12.9. The average molecular weight is 315 g/mol. The number of methoxy groups -OCH3 is 1. The smallest absolute Gasteiger partial charge is 0.179 e. The molecule has 1 aromatic carbocycles. The molecule has 0 N–H and O–H groups in total. The molecule has 0 aromatic heterocycles. The van der Waals surface area contributed by atoms with Gasteiger partial charge in [-0.3, -0.25) is 4.21 Å². The van der Waals surface area contributed by atoms with Crippen LogP contribution in [0, 0.1) is 11.3 Å². The standard InChI is InChI=1S/C13H17NO4S2/c1-18-6-3-7-19(15)8-9-20(16,17)13-5-2-4-12(10-13)11-14/h2,4-5,10H,3,6-9H2,1H3. The number of benzene rings is 1. The lowest BCUT2D eigenvalue weighted by Gasteiger charge is -2.05. The molecule has 0 aliphatic carbocycles. The van der Waals surface area contributed by atoms with Crippen LogP contribution in [0.5, 0.6) is 0 Å². The van der Waals surface area contributed by atoms with Crippen molar-refractivity contribution in [1.29, 1.82) is 5.26 Å². The Hall–Kier alpha value is -1.23. The summed E-state index contributed by atoms with van der Waals surface area (Å²) < 4.78 is 40.6. The van der Waals surface area contributed by atoms with E-state index < -0.39 is 20.6 Å². The number of sulfone groups is 1. The van der Waals surface area contributed by atoms with E-state index in [1.54, 1.807) is 13.2 Å². The highest BCUT2D eigenvalue weighted by atomic mass is 32.2. The molecule has 20 heavy (non-hydrogen) atoms. The highest BCUT2D eigenvalue weighted by Gasteiger charge is 2.16. The summed E-state index contributed by atoms with van der Waals surface area (Å²) in [6, 6.07) is 7.76. The summed E-state index contributed by atoms with van der Waals surface area (Å²) >= 11 is 0. The molecule has 0 spiro atoms. The molecular weight excluding hydrogens is 298 g/mol. The molecule has 0 saturated heterocycles. The number of hydrogen-bond acceptors (Lipinski definition) is 5. The second-order valence-corrected chi connectivity index (χ2v) is 7.96. The van der Waals surface area contributed by atoms with Gasteiger partial charge in [-0.15, -0.1) is 0 Å². The third kappa shape index (κ3) is 5.41. The van der Waals surface area contributed by atoms with E-state index in [1.165, 1.54) is 18.2 Å². The molecule has 0 aliphatic rings. The zero-order valence-electron chi connectivity index (χ0n) is 11.2. The predicted molar refractivity (Wildman–Crippen MR) is 77.6 cm³/mol. The van der Waals surface area contributed by atoms with Gasteiger partial charge in [0.05, 0.1) is 22.3 Å². The molecule has 5 nitrogen and oxygen atoms in total. The van der Waals surface area contributed by atoms with Crippen LogP contribution < -0.4 is 0 Å². The van der Waals surface area contributed by atoms with E-state index in [2.05, 4.69) is 0 Å². The lowest BCUT2D eigenvalue weighted by Crippen LogP contribution is -2.16. The number of nitrogens with zero attached hydrogens (tertiary/aromatic N) is 1. The normalized spacial score (nSPS) is 12.8. The molecular formula is C13H17NO4S2. The number of hydrogen-bond donors (Lipinski definition) is 0. The van der Waals surface area contributed by atoms with Crippen molar-refractivity contribution in [1.82, 2.24) is 0 Å². The minimum Gasteiger partial charge on any atom is -0.385 e. The van der Waals surface area contributed by atoms with Crippen molar-refractivity contribution >= 4 is 20.6 Å². The van der Waals surface area contributed by atoms with Gasteiger partial charge in [0.15, 0.2) is 9.84 Å². The molecule has 0 fully saturated rings.